The van der Waals surface area contributed by atoms with Crippen LogP contribution in [-0.2, 0) is 10.2 Å². The lowest BCUT2D eigenvalue weighted by Gasteiger charge is -2.37. The van der Waals surface area contributed by atoms with Crippen LogP contribution in [0.15, 0.2) is 84.9 Å². The van der Waals surface area contributed by atoms with Gasteiger partial charge in [-0.25, -0.2) is 0 Å². The van der Waals surface area contributed by atoms with E-state index in [9.17, 15) is 14.4 Å². The number of nitrogens with two attached hydrogens (primary N) is 1. The van der Waals surface area contributed by atoms with Gasteiger partial charge in [0.2, 0.25) is 5.91 Å². The molecule has 0 spiro atoms. The number of carbonyl (C=O) groups excluding carboxylic acids is 3. The maximum absolute atomic E-state index is 13.3. The smallest absolute Gasteiger partial charge is 0.261 e. The number of benzene rings is 3. The van der Waals surface area contributed by atoms with E-state index in [0.29, 0.717) is 17.7 Å². The number of hydrogen-bond acceptors (Lipinski definition) is 4. The molecule has 1 fully saturated rings. The van der Waals surface area contributed by atoms with Gasteiger partial charge in [-0.15, -0.1) is 0 Å². The first-order valence-corrected chi connectivity index (χ1v) is 15.6. The molecule has 6 heteroatoms. The van der Waals surface area contributed by atoms with Crippen molar-refractivity contribution in [3.8, 4) is 0 Å². The molecule has 0 bridgehead atoms. The maximum atomic E-state index is 13.3. The van der Waals surface area contributed by atoms with Gasteiger partial charge in [0.05, 0.1) is 11.1 Å². The first-order valence-electron chi connectivity index (χ1n) is 15.6. The molecule has 1 atom stereocenters. The second-order valence-electron chi connectivity index (χ2n) is 11.8. The van der Waals surface area contributed by atoms with Gasteiger partial charge in [-0.1, -0.05) is 111 Å². The Hall–Kier alpha value is -3.77. The van der Waals surface area contributed by atoms with E-state index in [1.54, 1.807) is 12.1 Å². The molecule has 0 saturated carbocycles. The molecular formula is C36H43N3O3. The lowest BCUT2D eigenvalue weighted by Crippen LogP contribution is -2.49. The third-order valence-corrected chi connectivity index (χ3v) is 9.22. The molecule has 3 aromatic rings. The van der Waals surface area contributed by atoms with Crippen molar-refractivity contribution in [3.63, 3.8) is 0 Å². The molecule has 1 saturated heterocycles. The van der Waals surface area contributed by atoms with E-state index < -0.39 is 5.41 Å². The number of rotatable bonds is 15. The number of carbonyl (C=O) groups is 3. The summed E-state index contributed by atoms with van der Waals surface area (Å²) >= 11 is 0. The van der Waals surface area contributed by atoms with Gasteiger partial charge in [0, 0.05) is 13.1 Å². The van der Waals surface area contributed by atoms with Crippen molar-refractivity contribution in [3.05, 3.63) is 107 Å². The molecule has 1 unspecified atom stereocenters. The molecule has 6 nitrogen and oxygen atoms in total. The second kappa shape index (κ2) is 13.9. The number of primary amides is 1. The van der Waals surface area contributed by atoms with Crippen molar-refractivity contribution in [1.82, 2.24) is 9.80 Å². The van der Waals surface area contributed by atoms with Crippen molar-refractivity contribution in [1.29, 1.82) is 0 Å². The highest BCUT2D eigenvalue weighted by Gasteiger charge is 2.49. The number of amides is 3. The first kappa shape index (κ1) is 29.7. The zero-order valence-corrected chi connectivity index (χ0v) is 24.5. The van der Waals surface area contributed by atoms with Crippen LogP contribution in [0.5, 0.6) is 0 Å². The van der Waals surface area contributed by atoms with Gasteiger partial charge in [-0.2, -0.15) is 0 Å². The van der Waals surface area contributed by atoms with Gasteiger partial charge in [0.1, 0.15) is 5.41 Å². The van der Waals surface area contributed by atoms with E-state index in [4.69, 9.17) is 5.73 Å². The third-order valence-electron chi connectivity index (χ3n) is 9.22. The summed E-state index contributed by atoms with van der Waals surface area (Å²) in [4.78, 5) is 42.1. The fourth-order valence-electron chi connectivity index (χ4n) is 7.02. The highest BCUT2D eigenvalue weighted by molar-refractivity contribution is 6.21. The van der Waals surface area contributed by atoms with E-state index in [1.807, 2.05) is 72.8 Å². The highest BCUT2D eigenvalue weighted by atomic mass is 16.2. The third kappa shape index (κ3) is 6.19. The molecule has 3 aromatic carbocycles. The van der Waals surface area contributed by atoms with E-state index in [0.717, 1.165) is 62.9 Å². The fourth-order valence-corrected chi connectivity index (χ4v) is 7.02. The number of hydrogen-bond donors (Lipinski definition) is 1. The summed E-state index contributed by atoms with van der Waals surface area (Å²) in [6.45, 7) is 3.43. The minimum atomic E-state index is -0.823. The Labute approximate surface area is 249 Å². The van der Waals surface area contributed by atoms with Crippen molar-refractivity contribution in [2.45, 2.75) is 63.2 Å². The predicted molar refractivity (Wildman–Crippen MR) is 166 cm³/mol. The predicted octanol–water partition coefficient (Wildman–Crippen LogP) is 6.20. The average molecular weight is 566 g/mol. The Morgan fingerprint density at radius 3 is 1.62 bits per heavy atom. The minimum Gasteiger partial charge on any atom is -0.369 e. The SMILES string of the molecule is NC(=O)C(c1ccccc1)(c1ccccc1)C1CCN(CCCCCCCCCCN2C(=O)c3ccccc3C2=O)C1. The number of unbranched alkanes of at least 4 members (excludes halogenated alkanes) is 7. The lowest BCUT2D eigenvalue weighted by atomic mass is 9.64. The molecule has 42 heavy (non-hydrogen) atoms. The molecular weight excluding hydrogens is 522 g/mol. The summed E-state index contributed by atoms with van der Waals surface area (Å²) in [5, 5.41) is 0. The Kier molecular flexibility index (Phi) is 9.85. The summed E-state index contributed by atoms with van der Waals surface area (Å²) in [6, 6.07) is 27.2. The molecule has 2 N–H and O–H groups in total. The molecule has 220 valence electrons. The summed E-state index contributed by atoms with van der Waals surface area (Å²) in [5.74, 6) is -0.434. The van der Waals surface area contributed by atoms with Crippen molar-refractivity contribution in [2.24, 2.45) is 11.7 Å². The monoisotopic (exact) mass is 565 g/mol. The van der Waals surface area contributed by atoms with Gasteiger partial charge in [0.25, 0.3) is 11.8 Å². The molecule has 2 aliphatic rings. The van der Waals surface area contributed by atoms with Gasteiger partial charge >= 0.3 is 0 Å². The van der Waals surface area contributed by atoms with Crippen LogP contribution < -0.4 is 5.73 Å². The molecule has 0 aliphatic carbocycles. The quantitative estimate of drug-likeness (QED) is 0.176. The van der Waals surface area contributed by atoms with E-state index in [-0.39, 0.29) is 23.6 Å². The number of fused-ring (bicyclic) bond motifs is 1. The van der Waals surface area contributed by atoms with Crippen LogP contribution in [-0.4, -0.2) is 53.7 Å². The largest absolute Gasteiger partial charge is 0.369 e. The Morgan fingerprint density at radius 1 is 0.667 bits per heavy atom. The van der Waals surface area contributed by atoms with Crippen LogP contribution >= 0.6 is 0 Å². The summed E-state index contributed by atoms with van der Waals surface area (Å²) in [7, 11) is 0. The van der Waals surface area contributed by atoms with Crippen molar-refractivity contribution in [2.75, 3.05) is 26.2 Å². The van der Waals surface area contributed by atoms with Crippen LogP contribution in [0.1, 0.15) is 89.6 Å². The van der Waals surface area contributed by atoms with Gasteiger partial charge in [-0.05, 0) is 61.5 Å². The van der Waals surface area contributed by atoms with Crippen molar-refractivity contribution >= 4 is 17.7 Å². The summed E-state index contributed by atoms with van der Waals surface area (Å²) < 4.78 is 0. The average Bonchev–Trinajstić information content (AvgIpc) is 3.58. The first-order chi connectivity index (χ1) is 20.5. The minimum absolute atomic E-state index is 0.139. The van der Waals surface area contributed by atoms with Crippen molar-refractivity contribution < 1.29 is 14.4 Å². The standard InChI is InChI=1S/C36H43N3O3/c37-35(42)36(28-17-9-7-10-18-28,29-19-11-8-12-20-29)30-23-26-38(27-30)24-15-5-3-1-2-4-6-16-25-39-33(40)31-21-13-14-22-32(31)34(39)41/h7-14,17-22,30H,1-6,15-16,23-27H2,(H2,37,42). The molecule has 5 rings (SSSR count). The molecule has 3 amide bonds. The molecule has 0 radical (unpaired) electrons. The van der Waals surface area contributed by atoms with Gasteiger partial charge in [-0.3, -0.25) is 19.3 Å². The fraction of sp³-hybridized carbons (Fsp3) is 0.417. The van der Waals surface area contributed by atoms with E-state index in [2.05, 4.69) is 4.90 Å². The lowest BCUT2D eigenvalue weighted by molar-refractivity contribution is -0.123. The Bertz CT molecular complexity index is 1280. The van der Waals surface area contributed by atoms with Crippen LogP contribution in [0.2, 0.25) is 0 Å². The second-order valence-corrected chi connectivity index (χ2v) is 11.8. The summed E-state index contributed by atoms with van der Waals surface area (Å²) in [6.07, 6.45) is 9.95. The van der Waals surface area contributed by atoms with E-state index in [1.165, 1.54) is 30.6 Å². The number of imide groups is 1. The zero-order valence-electron chi connectivity index (χ0n) is 24.5. The number of nitrogens with zero attached hydrogens (tertiary/aromatic N) is 2. The molecule has 2 heterocycles. The summed E-state index contributed by atoms with van der Waals surface area (Å²) in [5.41, 5.74) is 8.45. The normalized spacial score (nSPS) is 17.1. The van der Waals surface area contributed by atoms with Gasteiger partial charge < -0.3 is 10.6 Å². The Balaban J connectivity index is 1.01. The van der Waals surface area contributed by atoms with Crippen LogP contribution in [0.25, 0.3) is 0 Å². The zero-order chi connectivity index (χ0) is 29.4. The number of likely N-dealkylation sites (tertiary alicyclic amines) is 1. The van der Waals surface area contributed by atoms with E-state index >= 15 is 0 Å². The van der Waals surface area contributed by atoms with Crippen LogP contribution in [0.4, 0.5) is 0 Å². The Morgan fingerprint density at radius 2 is 1.12 bits per heavy atom. The molecule has 2 aliphatic heterocycles. The van der Waals surface area contributed by atoms with Crippen LogP contribution in [0.3, 0.4) is 0 Å². The molecule has 0 aromatic heterocycles. The van der Waals surface area contributed by atoms with Gasteiger partial charge in [0.15, 0.2) is 0 Å². The maximum Gasteiger partial charge on any atom is 0.261 e. The topological polar surface area (TPSA) is 83.7 Å². The highest BCUT2D eigenvalue weighted by Crippen LogP contribution is 2.43. The van der Waals surface area contributed by atoms with Crippen LogP contribution in [0, 0.1) is 5.92 Å².